The third-order valence-corrected chi connectivity index (χ3v) is 6.47. The highest BCUT2D eigenvalue weighted by Crippen LogP contribution is 2.57. The Morgan fingerprint density at radius 1 is 0.960 bits per heavy atom. The Labute approximate surface area is 150 Å². The highest BCUT2D eigenvalue weighted by Gasteiger charge is 2.50. The molecule has 0 spiro atoms. The molecule has 4 aliphatic rings. The van der Waals surface area contributed by atoms with Gasteiger partial charge >= 0.3 is 5.97 Å². The summed E-state index contributed by atoms with van der Waals surface area (Å²) in [6.07, 6.45) is 6.35. The minimum atomic E-state index is -0.554. The molecule has 1 aromatic carbocycles. The lowest BCUT2D eigenvalue weighted by Gasteiger charge is -2.53. The van der Waals surface area contributed by atoms with E-state index >= 15 is 0 Å². The largest absolute Gasteiger partial charge is 0.426 e. The van der Waals surface area contributed by atoms with E-state index in [0.29, 0.717) is 23.1 Å². The fraction of sp³-hybridized carbons (Fsp3) is 0.636. The molecule has 4 aliphatic carbocycles. The van der Waals surface area contributed by atoms with Crippen LogP contribution in [0.5, 0.6) is 5.75 Å². The number of hydrogen-bond acceptors (Lipinski definition) is 3. The number of ketones is 1. The summed E-state index contributed by atoms with van der Waals surface area (Å²) in [5.41, 5.74) is 0.151. The van der Waals surface area contributed by atoms with E-state index in [9.17, 15) is 9.59 Å². The third kappa shape index (κ3) is 3.14. The Balaban J connectivity index is 1.53. The zero-order chi connectivity index (χ0) is 17.8. The molecule has 4 fully saturated rings. The summed E-state index contributed by atoms with van der Waals surface area (Å²) in [7, 11) is 0. The fourth-order valence-corrected chi connectivity index (χ4v) is 5.52. The standard InChI is InChI=1S/C22H28O3/c1-22(2,3)21(24)25-18-6-4-5-15(12-18)20(23)19-16-8-13-7-14(10-16)11-17(19)9-13/h4-6,12-14,16-17,19H,7-11H2,1-3H3. The zero-order valence-corrected chi connectivity index (χ0v) is 15.5. The molecular weight excluding hydrogens is 312 g/mol. The summed E-state index contributed by atoms with van der Waals surface area (Å²) in [5.74, 6) is 3.54. The molecule has 0 aliphatic heterocycles. The number of benzene rings is 1. The van der Waals surface area contributed by atoms with Crippen molar-refractivity contribution in [3.05, 3.63) is 29.8 Å². The van der Waals surface area contributed by atoms with Crippen LogP contribution in [0, 0.1) is 35.0 Å². The zero-order valence-electron chi connectivity index (χ0n) is 15.5. The Morgan fingerprint density at radius 2 is 1.56 bits per heavy atom. The first-order valence-corrected chi connectivity index (χ1v) is 9.68. The SMILES string of the molecule is CC(C)(C)C(=O)Oc1cccc(C(=O)C2C3CC4CC(C3)CC2C4)c1. The molecule has 5 rings (SSSR count). The molecule has 3 nitrogen and oxygen atoms in total. The first-order chi connectivity index (χ1) is 11.8. The van der Waals surface area contributed by atoms with E-state index in [-0.39, 0.29) is 17.7 Å². The minimum Gasteiger partial charge on any atom is -0.426 e. The van der Waals surface area contributed by atoms with Crippen molar-refractivity contribution in [2.24, 2.45) is 35.0 Å². The Bertz CT molecular complexity index is 669. The molecule has 25 heavy (non-hydrogen) atoms. The van der Waals surface area contributed by atoms with Gasteiger partial charge in [0.1, 0.15) is 5.75 Å². The highest BCUT2D eigenvalue weighted by molar-refractivity contribution is 5.99. The van der Waals surface area contributed by atoms with Crippen LogP contribution in [0.3, 0.4) is 0 Å². The van der Waals surface area contributed by atoms with Gasteiger partial charge in [-0.25, -0.2) is 0 Å². The predicted molar refractivity (Wildman–Crippen MR) is 96.4 cm³/mol. The van der Waals surface area contributed by atoms with Crippen molar-refractivity contribution in [1.29, 1.82) is 0 Å². The molecule has 0 atom stereocenters. The van der Waals surface area contributed by atoms with E-state index in [2.05, 4.69) is 0 Å². The molecule has 134 valence electrons. The van der Waals surface area contributed by atoms with E-state index < -0.39 is 5.41 Å². The Morgan fingerprint density at radius 3 is 2.12 bits per heavy atom. The van der Waals surface area contributed by atoms with Gasteiger partial charge in [0.15, 0.2) is 5.78 Å². The quantitative estimate of drug-likeness (QED) is 0.447. The van der Waals surface area contributed by atoms with Crippen molar-refractivity contribution in [1.82, 2.24) is 0 Å². The maximum Gasteiger partial charge on any atom is 0.316 e. The van der Waals surface area contributed by atoms with Gasteiger partial charge < -0.3 is 4.74 Å². The van der Waals surface area contributed by atoms with Gasteiger partial charge in [-0.05, 0) is 88.7 Å². The van der Waals surface area contributed by atoms with Gasteiger partial charge in [-0.1, -0.05) is 12.1 Å². The number of esters is 1. The van der Waals surface area contributed by atoms with Crippen molar-refractivity contribution >= 4 is 11.8 Å². The maximum absolute atomic E-state index is 13.2. The van der Waals surface area contributed by atoms with Crippen LogP contribution in [0.2, 0.25) is 0 Å². The summed E-state index contributed by atoms with van der Waals surface area (Å²) in [6.45, 7) is 5.50. The molecule has 1 aromatic rings. The van der Waals surface area contributed by atoms with Crippen LogP contribution in [0.25, 0.3) is 0 Å². The maximum atomic E-state index is 13.2. The van der Waals surface area contributed by atoms with E-state index in [0.717, 1.165) is 11.8 Å². The molecule has 4 saturated carbocycles. The second kappa shape index (κ2) is 5.96. The number of ether oxygens (including phenoxy) is 1. The van der Waals surface area contributed by atoms with Gasteiger partial charge in [0, 0.05) is 11.5 Å². The molecule has 0 amide bonds. The molecule has 0 heterocycles. The summed E-state index contributed by atoms with van der Waals surface area (Å²) >= 11 is 0. The third-order valence-electron chi connectivity index (χ3n) is 6.47. The van der Waals surface area contributed by atoms with Gasteiger partial charge in [0.25, 0.3) is 0 Å². The van der Waals surface area contributed by atoms with Crippen LogP contribution >= 0.6 is 0 Å². The summed E-state index contributed by atoms with van der Waals surface area (Å²) in [5, 5.41) is 0. The molecule has 3 heteroatoms. The number of carbonyl (C=O) groups excluding carboxylic acids is 2. The highest BCUT2D eigenvalue weighted by atomic mass is 16.5. The number of Topliss-reactive ketones (excluding diaryl/α,β-unsaturated/α-hetero) is 1. The molecule has 4 bridgehead atoms. The topological polar surface area (TPSA) is 43.4 Å². The summed E-state index contributed by atoms with van der Waals surface area (Å²) < 4.78 is 5.48. The van der Waals surface area contributed by atoms with Crippen molar-refractivity contribution < 1.29 is 14.3 Å². The average Bonchev–Trinajstić information content (AvgIpc) is 2.53. The summed E-state index contributed by atoms with van der Waals surface area (Å²) in [4.78, 5) is 25.3. The summed E-state index contributed by atoms with van der Waals surface area (Å²) in [6, 6.07) is 7.23. The van der Waals surface area contributed by atoms with Crippen LogP contribution in [0.15, 0.2) is 24.3 Å². The van der Waals surface area contributed by atoms with Gasteiger partial charge in [-0.15, -0.1) is 0 Å². The van der Waals surface area contributed by atoms with Crippen LogP contribution in [-0.2, 0) is 4.79 Å². The van der Waals surface area contributed by atoms with Gasteiger partial charge in [-0.2, -0.15) is 0 Å². The minimum absolute atomic E-state index is 0.182. The van der Waals surface area contributed by atoms with Gasteiger partial charge in [0.05, 0.1) is 5.41 Å². The molecule has 0 unspecified atom stereocenters. The second-order valence-electron chi connectivity index (χ2n) is 9.49. The van der Waals surface area contributed by atoms with E-state index in [1.165, 1.54) is 32.1 Å². The first-order valence-electron chi connectivity index (χ1n) is 9.68. The average molecular weight is 340 g/mol. The Hall–Kier alpha value is -1.64. The van der Waals surface area contributed by atoms with Gasteiger partial charge in [-0.3, -0.25) is 9.59 Å². The Kier molecular flexibility index (Phi) is 4.01. The molecular formula is C22H28O3. The second-order valence-corrected chi connectivity index (χ2v) is 9.49. The first kappa shape index (κ1) is 16.8. The number of hydrogen-bond donors (Lipinski definition) is 0. The van der Waals surface area contributed by atoms with E-state index in [1.54, 1.807) is 12.1 Å². The molecule has 0 N–H and O–H groups in total. The lowest BCUT2D eigenvalue weighted by Crippen LogP contribution is -2.48. The lowest BCUT2D eigenvalue weighted by molar-refractivity contribution is -0.143. The van der Waals surface area contributed by atoms with E-state index in [1.807, 2.05) is 32.9 Å². The van der Waals surface area contributed by atoms with Crippen molar-refractivity contribution in [2.75, 3.05) is 0 Å². The van der Waals surface area contributed by atoms with Crippen LogP contribution in [0.1, 0.15) is 63.2 Å². The predicted octanol–water partition coefficient (Wildman–Crippen LogP) is 4.89. The van der Waals surface area contributed by atoms with Crippen LogP contribution < -0.4 is 4.74 Å². The van der Waals surface area contributed by atoms with Crippen LogP contribution in [0.4, 0.5) is 0 Å². The molecule has 0 aromatic heterocycles. The number of carbonyl (C=O) groups is 2. The van der Waals surface area contributed by atoms with Crippen molar-refractivity contribution in [3.8, 4) is 5.75 Å². The van der Waals surface area contributed by atoms with Gasteiger partial charge in [0.2, 0.25) is 0 Å². The molecule has 0 saturated heterocycles. The molecule has 0 radical (unpaired) electrons. The monoisotopic (exact) mass is 340 g/mol. The van der Waals surface area contributed by atoms with Crippen molar-refractivity contribution in [2.45, 2.75) is 52.9 Å². The lowest BCUT2D eigenvalue weighted by atomic mass is 9.51. The normalized spacial score (nSPS) is 33.3. The van der Waals surface area contributed by atoms with E-state index in [4.69, 9.17) is 4.74 Å². The van der Waals surface area contributed by atoms with Crippen LogP contribution in [-0.4, -0.2) is 11.8 Å². The van der Waals surface area contributed by atoms with Crippen molar-refractivity contribution in [3.63, 3.8) is 0 Å². The fourth-order valence-electron chi connectivity index (χ4n) is 5.52. The number of rotatable bonds is 3. The smallest absolute Gasteiger partial charge is 0.316 e.